The first-order chi connectivity index (χ1) is 12.0. The number of hydrogen-bond acceptors (Lipinski definition) is 6. The van der Waals surface area contributed by atoms with Gasteiger partial charge < -0.3 is 18.8 Å². The Bertz CT molecular complexity index is 722. The average molecular weight is 342 g/mol. The molecule has 0 saturated carbocycles. The number of esters is 2. The molecule has 0 saturated heterocycles. The monoisotopic (exact) mass is 342 g/mol. The van der Waals surface area contributed by atoms with Crippen LogP contribution >= 0.6 is 0 Å². The normalized spacial score (nSPS) is 9.92. The first-order valence-corrected chi connectivity index (χ1v) is 7.59. The second kappa shape index (κ2) is 8.23. The second-order valence-corrected chi connectivity index (χ2v) is 5.34. The van der Waals surface area contributed by atoms with Crippen molar-refractivity contribution in [3.63, 3.8) is 0 Å². The molecule has 130 valence electrons. The molecular weight excluding hydrogens is 323 g/mol. The van der Waals surface area contributed by atoms with Crippen molar-refractivity contribution in [3.8, 4) is 11.5 Å². The van der Waals surface area contributed by atoms with E-state index in [4.69, 9.17) is 18.8 Å². The van der Waals surface area contributed by atoms with Crippen LogP contribution in [0.3, 0.4) is 0 Å². The molecule has 0 spiro atoms. The molecule has 0 bridgehead atoms. The Morgan fingerprint density at radius 2 is 1.16 bits per heavy atom. The summed E-state index contributed by atoms with van der Waals surface area (Å²) in [6.07, 6.45) is 0. The lowest BCUT2D eigenvalue weighted by molar-refractivity contribution is 0.0591. The maximum Gasteiger partial charge on any atom is 0.576 e. The van der Waals surface area contributed by atoms with Crippen molar-refractivity contribution in [1.82, 2.24) is 0 Å². The van der Waals surface area contributed by atoms with Crippen molar-refractivity contribution in [1.29, 1.82) is 0 Å². The Kier molecular flexibility index (Phi) is 6.06. The Morgan fingerprint density at radius 3 is 1.52 bits per heavy atom. The van der Waals surface area contributed by atoms with E-state index in [0.717, 1.165) is 11.1 Å². The van der Waals surface area contributed by atoms with Crippen LogP contribution in [0, 0.1) is 13.8 Å². The molecule has 7 heteroatoms. The van der Waals surface area contributed by atoms with Crippen LogP contribution in [0.4, 0.5) is 0 Å². The number of ether oxygens (including phenoxy) is 2. The SMILES string of the molecule is COC(=O)c1cc(OBOc2ccc(C)c(C(=O)OC)c2)ccc1C. The molecule has 25 heavy (non-hydrogen) atoms. The Morgan fingerprint density at radius 1 is 0.760 bits per heavy atom. The summed E-state index contributed by atoms with van der Waals surface area (Å²) < 4.78 is 20.5. The van der Waals surface area contributed by atoms with Gasteiger partial charge in [-0.05, 0) is 49.2 Å². The van der Waals surface area contributed by atoms with Gasteiger partial charge >= 0.3 is 19.6 Å². The van der Waals surface area contributed by atoms with Crippen molar-refractivity contribution in [2.45, 2.75) is 13.8 Å². The molecule has 0 radical (unpaired) electrons. The molecule has 0 N–H and O–H groups in total. The summed E-state index contributed by atoms with van der Waals surface area (Å²) in [5, 5.41) is 0. The molecule has 0 aromatic heterocycles. The maximum absolute atomic E-state index is 11.7. The lowest BCUT2D eigenvalue weighted by Crippen LogP contribution is -2.13. The third kappa shape index (κ3) is 4.53. The lowest BCUT2D eigenvalue weighted by atomic mass is 10.1. The van der Waals surface area contributed by atoms with Crippen LogP contribution in [0.5, 0.6) is 11.5 Å². The van der Waals surface area contributed by atoms with E-state index in [2.05, 4.69) is 0 Å². The minimum Gasteiger partial charge on any atom is -0.528 e. The number of hydrogen-bond donors (Lipinski definition) is 0. The number of aryl methyl sites for hydroxylation is 2. The largest absolute Gasteiger partial charge is 0.576 e. The lowest BCUT2D eigenvalue weighted by Gasteiger charge is -2.11. The van der Waals surface area contributed by atoms with Crippen LogP contribution in [0.25, 0.3) is 0 Å². The quantitative estimate of drug-likeness (QED) is 0.594. The highest BCUT2D eigenvalue weighted by molar-refractivity contribution is 6.20. The van der Waals surface area contributed by atoms with Crippen LogP contribution in [0.1, 0.15) is 31.8 Å². The summed E-state index contributed by atoms with van der Waals surface area (Å²) in [6, 6.07) is 10.2. The number of methoxy groups -OCH3 is 2. The van der Waals surface area contributed by atoms with E-state index in [-0.39, 0.29) is 7.69 Å². The van der Waals surface area contributed by atoms with E-state index in [1.165, 1.54) is 14.2 Å². The summed E-state index contributed by atoms with van der Waals surface area (Å²) in [4.78, 5) is 23.4. The smallest absolute Gasteiger partial charge is 0.528 e. The topological polar surface area (TPSA) is 71.1 Å². The van der Waals surface area contributed by atoms with E-state index < -0.39 is 11.9 Å². The summed E-state index contributed by atoms with van der Waals surface area (Å²) in [5.41, 5.74) is 2.45. The van der Waals surface area contributed by atoms with Crippen molar-refractivity contribution < 1.29 is 28.4 Å². The second-order valence-electron chi connectivity index (χ2n) is 5.34. The molecule has 2 rings (SSSR count). The number of carbonyl (C=O) groups is 2. The highest BCUT2D eigenvalue weighted by Gasteiger charge is 2.12. The average Bonchev–Trinajstić information content (AvgIpc) is 2.63. The maximum atomic E-state index is 11.7. The standard InChI is InChI=1S/C18H19BO6/c1-11-5-7-13(9-15(11)17(20)22-3)24-19-25-14-8-6-12(2)16(10-14)18(21)23-4/h5-10,19H,1-4H3. The number of rotatable bonds is 6. The molecular formula is C18H19BO6. The third-order valence-electron chi connectivity index (χ3n) is 3.68. The van der Waals surface area contributed by atoms with E-state index in [1.807, 2.05) is 13.8 Å². The zero-order chi connectivity index (χ0) is 18.4. The van der Waals surface area contributed by atoms with Gasteiger partial charge in [0.1, 0.15) is 11.5 Å². The van der Waals surface area contributed by atoms with Crippen molar-refractivity contribution >= 4 is 19.6 Å². The molecule has 2 aromatic rings. The molecule has 0 atom stereocenters. The van der Waals surface area contributed by atoms with Crippen molar-refractivity contribution in [3.05, 3.63) is 58.7 Å². The number of benzene rings is 2. The Balaban J connectivity index is 2.04. The highest BCUT2D eigenvalue weighted by Crippen LogP contribution is 2.20. The fraction of sp³-hybridized carbons (Fsp3) is 0.222. The van der Waals surface area contributed by atoms with Crippen LogP contribution in [0.15, 0.2) is 36.4 Å². The van der Waals surface area contributed by atoms with Crippen LogP contribution < -0.4 is 9.31 Å². The zero-order valence-corrected chi connectivity index (χ0v) is 14.6. The molecule has 2 aromatic carbocycles. The summed E-state index contributed by atoms with van der Waals surface area (Å²) in [6.45, 7) is 3.63. The minimum absolute atomic E-state index is 0.0760. The van der Waals surface area contributed by atoms with E-state index in [0.29, 0.717) is 22.6 Å². The van der Waals surface area contributed by atoms with Gasteiger partial charge in [0.2, 0.25) is 0 Å². The van der Waals surface area contributed by atoms with Gasteiger partial charge in [-0.3, -0.25) is 0 Å². The van der Waals surface area contributed by atoms with Gasteiger partial charge in [0.15, 0.2) is 0 Å². The number of carbonyl (C=O) groups excluding carboxylic acids is 2. The Labute approximate surface area is 147 Å². The predicted molar refractivity (Wildman–Crippen MR) is 93.4 cm³/mol. The van der Waals surface area contributed by atoms with Crippen LogP contribution in [0.2, 0.25) is 0 Å². The van der Waals surface area contributed by atoms with E-state index >= 15 is 0 Å². The molecule has 0 fully saturated rings. The zero-order valence-electron chi connectivity index (χ0n) is 14.6. The molecule has 0 heterocycles. The van der Waals surface area contributed by atoms with E-state index in [1.54, 1.807) is 36.4 Å². The van der Waals surface area contributed by atoms with Crippen molar-refractivity contribution in [2.24, 2.45) is 0 Å². The minimum atomic E-state index is -0.426. The molecule has 6 nitrogen and oxygen atoms in total. The fourth-order valence-electron chi connectivity index (χ4n) is 2.21. The molecule has 0 unspecified atom stereocenters. The molecule has 0 aliphatic carbocycles. The summed E-state index contributed by atoms with van der Waals surface area (Å²) in [5.74, 6) is 0.104. The van der Waals surface area contributed by atoms with E-state index in [9.17, 15) is 9.59 Å². The summed E-state index contributed by atoms with van der Waals surface area (Å²) >= 11 is 0. The van der Waals surface area contributed by atoms with Gasteiger partial charge in [0.05, 0.1) is 25.3 Å². The van der Waals surface area contributed by atoms with Crippen LogP contribution in [-0.2, 0) is 9.47 Å². The van der Waals surface area contributed by atoms with Gasteiger partial charge in [-0.2, -0.15) is 0 Å². The third-order valence-corrected chi connectivity index (χ3v) is 3.68. The molecule has 0 aliphatic rings. The van der Waals surface area contributed by atoms with Gasteiger partial charge in [-0.25, -0.2) is 9.59 Å². The Hall–Kier alpha value is -2.96. The molecule has 0 aliphatic heterocycles. The fourth-order valence-corrected chi connectivity index (χ4v) is 2.21. The predicted octanol–water partition coefficient (Wildman–Crippen LogP) is 2.60. The van der Waals surface area contributed by atoms with Crippen molar-refractivity contribution in [2.75, 3.05) is 14.2 Å². The van der Waals surface area contributed by atoms with Gasteiger partial charge in [0.25, 0.3) is 0 Å². The summed E-state index contributed by atoms with van der Waals surface area (Å²) in [7, 11) is 2.58. The van der Waals surface area contributed by atoms with Gasteiger partial charge in [-0.1, -0.05) is 12.1 Å². The first kappa shape index (κ1) is 18.4. The van der Waals surface area contributed by atoms with Crippen LogP contribution in [-0.4, -0.2) is 33.8 Å². The first-order valence-electron chi connectivity index (χ1n) is 7.59. The van der Waals surface area contributed by atoms with Gasteiger partial charge in [-0.15, -0.1) is 0 Å². The molecule has 0 amide bonds. The highest BCUT2D eigenvalue weighted by atomic mass is 16.6. The van der Waals surface area contributed by atoms with Gasteiger partial charge in [0, 0.05) is 0 Å².